The van der Waals surface area contributed by atoms with Gasteiger partial charge in [0.25, 0.3) is 0 Å². The monoisotopic (exact) mass is 306 g/mol. The predicted molar refractivity (Wildman–Crippen MR) is 75.6 cm³/mol. The number of hydrogen-bond donors (Lipinski definition) is 0. The van der Waals surface area contributed by atoms with Crippen molar-refractivity contribution in [1.82, 2.24) is 0 Å². The first-order chi connectivity index (χ1) is 10.3. The maximum Gasteiger partial charge on any atom is 0.309 e. The average Bonchev–Trinajstić information content (AvgIpc) is 2.99. The molecule has 3 aliphatic carbocycles. The number of ether oxygens (including phenoxy) is 2. The standard InChI is InChI=1S/C17H22O5/c1-15(2)8-16-9-4-5-11(16)10(13(19)21-3)7-17(16,14(15)20)22-12(18)6-9/h9-11H,4-8H2,1-3H3/t9-,10-,11+,16+,17+/m1/s1. The van der Waals surface area contributed by atoms with E-state index in [1.165, 1.54) is 7.11 Å². The molecule has 4 fully saturated rings. The van der Waals surface area contributed by atoms with Gasteiger partial charge in [-0.1, -0.05) is 13.8 Å². The van der Waals surface area contributed by atoms with Crippen molar-refractivity contribution in [2.24, 2.45) is 28.6 Å². The molecular formula is C17H22O5. The molecule has 0 N–H and O–H groups in total. The van der Waals surface area contributed by atoms with E-state index in [9.17, 15) is 14.4 Å². The van der Waals surface area contributed by atoms with Gasteiger partial charge in [-0.2, -0.15) is 0 Å². The first kappa shape index (κ1) is 14.2. The van der Waals surface area contributed by atoms with E-state index in [1.54, 1.807) is 0 Å². The van der Waals surface area contributed by atoms with Crippen molar-refractivity contribution < 1.29 is 23.9 Å². The third kappa shape index (κ3) is 1.30. The molecule has 0 radical (unpaired) electrons. The highest BCUT2D eigenvalue weighted by Gasteiger charge is 2.82. The summed E-state index contributed by atoms with van der Waals surface area (Å²) in [5.74, 6) is -0.583. The van der Waals surface area contributed by atoms with Crippen LogP contribution in [0.4, 0.5) is 0 Å². The molecule has 1 heterocycles. The topological polar surface area (TPSA) is 69.7 Å². The van der Waals surface area contributed by atoms with Crippen LogP contribution >= 0.6 is 0 Å². The van der Waals surface area contributed by atoms with E-state index in [0.717, 1.165) is 19.3 Å². The average molecular weight is 306 g/mol. The Morgan fingerprint density at radius 2 is 2.00 bits per heavy atom. The Balaban J connectivity index is 1.91. The van der Waals surface area contributed by atoms with Crippen LogP contribution in [0.25, 0.3) is 0 Å². The van der Waals surface area contributed by atoms with Crippen molar-refractivity contribution in [3.8, 4) is 0 Å². The van der Waals surface area contributed by atoms with Crippen LogP contribution in [-0.4, -0.2) is 30.4 Å². The van der Waals surface area contributed by atoms with Gasteiger partial charge in [0.05, 0.1) is 13.0 Å². The van der Waals surface area contributed by atoms with E-state index in [-0.39, 0.29) is 40.9 Å². The fourth-order valence-corrected chi connectivity index (χ4v) is 6.41. The number of rotatable bonds is 1. The van der Waals surface area contributed by atoms with E-state index in [1.807, 2.05) is 13.8 Å². The quantitative estimate of drug-likeness (QED) is 0.692. The number of ketones is 1. The van der Waals surface area contributed by atoms with Gasteiger partial charge in [0.1, 0.15) is 0 Å². The van der Waals surface area contributed by atoms with Gasteiger partial charge in [0, 0.05) is 23.7 Å². The maximum absolute atomic E-state index is 13.2. The Morgan fingerprint density at radius 1 is 1.27 bits per heavy atom. The molecule has 1 spiro atoms. The Morgan fingerprint density at radius 3 is 2.68 bits per heavy atom. The highest BCUT2D eigenvalue weighted by molar-refractivity contribution is 6.00. The zero-order valence-corrected chi connectivity index (χ0v) is 13.3. The third-order valence-electron chi connectivity index (χ3n) is 6.88. The van der Waals surface area contributed by atoms with Gasteiger partial charge in [0.2, 0.25) is 0 Å². The highest BCUT2D eigenvalue weighted by atomic mass is 16.6. The molecule has 3 saturated carbocycles. The molecule has 120 valence electrons. The molecule has 0 aromatic heterocycles. The SMILES string of the molecule is COC(=O)[C@@H]1C[C@@]23OC(=O)C[C@H]4CC[C@@H]1[C@]42CC(C)(C)C3=O. The van der Waals surface area contributed by atoms with E-state index in [4.69, 9.17) is 9.47 Å². The second-order valence-electron chi connectivity index (χ2n) is 8.15. The molecule has 5 nitrogen and oxygen atoms in total. The fourth-order valence-electron chi connectivity index (χ4n) is 6.41. The molecule has 5 atom stereocenters. The predicted octanol–water partition coefficient (Wildman–Crippen LogP) is 1.88. The number of methoxy groups -OCH3 is 1. The highest BCUT2D eigenvalue weighted by Crippen LogP contribution is 2.75. The molecular weight excluding hydrogens is 284 g/mol. The van der Waals surface area contributed by atoms with Crippen molar-refractivity contribution >= 4 is 17.7 Å². The van der Waals surface area contributed by atoms with Crippen molar-refractivity contribution in [2.45, 2.75) is 51.6 Å². The van der Waals surface area contributed by atoms with Crippen molar-refractivity contribution in [1.29, 1.82) is 0 Å². The van der Waals surface area contributed by atoms with Crippen molar-refractivity contribution in [2.75, 3.05) is 7.11 Å². The number of carbonyl (C=O) groups excluding carboxylic acids is 3. The van der Waals surface area contributed by atoms with Gasteiger partial charge in [-0.25, -0.2) is 0 Å². The van der Waals surface area contributed by atoms with Crippen LogP contribution in [0.3, 0.4) is 0 Å². The van der Waals surface area contributed by atoms with Crippen LogP contribution in [-0.2, 0) is 23.9 Å². The Kier molecular flexibility index (Phi) is 2.54. The molecule has 1 saturated heterocycles. The van der Waals surface area contributed by atoms with E-state index < -0.39 is 11.0 Å². The van der Waals surface area contributed by atoms with Gasteiger partial charge in [-0.15, -0.1) is 0 Å². The Hall–Kier alpha value is -1.39. The number of Topliss-reactive ketones (excluding diaryl/α,β-unsaturated/α-hetero) is 1. The van der Waals surface area contributed by atoms with Gasteiger partial charge < -0.3 is 9.47 Å². The summed E-state index contributed by atoms with van der Waals surface area (Å²) in [6.07, 6.45) is 3.20. The zero-order chi connectivity index (χ0) is 15.9. The molecule has 0 aromatic rings. The smallest absolute Gasteiger partial charge is 0.309 e. The van der Waals surface area contributed by atoms with E-state index in [2.05, 4.69) is 0 Å². The van der Waals surface area contributed by atoms with E-state index in [0.29, 0.717) is 12.8 Å². The fraction of sp³-hybridized carbons (Fsp3) is 0.824. The molecule has 5 heteroatoms. The minimum atomic E-state index is -1.09. The molecule has 22 heavy (non-hydrogen) atoms. The van der Waals surface area contributed by atoms with Gasteiger partial charge in [0.15, 0.2) is 11.4 Å². The summed E-state index contributed by atoms with van der Waals surface area (Å²) in [6, 6.07) is 0. The van der Waals surface area contributed by atoms with Crippen molar-refractivity contribution in [3.05, 3.63) is 0 Å². The van der Waals surface area contributed by atoms with Gasteiger partial charge in [-0.05, 0) is 31.1 Å². The van der Waals surface area contributed by atoms with Gasteiger partial charge in [-0.3, -0.25) is 14.4 Å². The minimum absolute atomic E-state index is 0.0105. The van der Waals surface area contributed by atoms with Crippen LogP contribution in [0.1, 0.15) is 46.0 Å². The molecule has 4 rings (SSSR count). The summed E-state index contributed by atoms with van der Waals surface area (Å²) in [6.45, 7) is 3.89. The van der Waals surface area contributed by atoms with Crippen LogP contribution in [0, 0.1) is 28.6 Å². The van der Waals surface area contributed by atoms with Crippen LogP contribution in [0.5, 0.6) is 0 Å². The molecule has 4 aliphatic rings. The maximum atomic E-state index is 13.2. The van der Waals surface area contributed by atoms with Gasteiger partial charge >= 0.3 is 11.9 Å². The second-order valence-corrected chi connectivity index (χ2v) is 8.15. The summed E-state index contributed by atoms with van der Waals surface area (Å²) < 4.78 is 10.7. The lowest BCUT2D eigenvalue weighted by Crippen LogP contribution is -2.56. The summed E-state index contributed by atoms with van der Waals surface area (Å²) in [7, 11) is 1.39. The lowest BCUT2D eigenvalue weighted by molar-refractivity contribution is -0.193. The lowest BCUT2D eigenvalue weighted by atomic mass is 9.63. The minimum Gasteiger partial charge on any atom is -0.469 e. The largest absolute Gasteiger partial charge is 0.469 e. The van der Waals surface area contributed by atoms with Crippen LogP contribution in [0.15, 0.2) is 0 Å². The normalized spacial score (nSPS) is 47.9. The molecule has 1 aliphatic heterocycles. The molecule has 0 aromatic carbocycles. The molecule has 0 bridgehead atoms. The first-order valence-corrected chi connectivity index (χ1v) is 8.13. The lowest BCUT2D eigenvalue weighted by Gasteiger charge is -2.46. The third-order valence-corrected chi connectivity index (χ3v) is 6.88. The van der Waals surface area contributed by atoms with Crippen LogP contribution in [0.2, 0.25) is 0 Å². The van der Waals surface area contributed by atoms with Crippen molar-refractivity contribution in [3.63, 3.8) is 0 Å². The Labute approximate surface area is 129 Å². The zero-order valence-electron chi connectivity index (χ0n) is 13.3. The number of esters is 2. The number of carbonyl (C=O) groups is 3. The summed E-state index contributed by atoms with van der Waals surface area (Å²) in [5.41, 5.74) is -1.93. The molecule has 0 unspecified atom stereocenters. The number of hydrogen-bond acceptors (Lipinski definition) is 5. The Bertz CT molecular complexity index is 594. The first-order valence-electron chi connectivity index (χ1n) is 8.13. The van der Waals surface area contributed by atoms with Crippen LogP contribution < -0.4 is 0 Å². The summed E-state index contributed by atoms with van der Waals surface area (Å²) in [5, 5.41) is 0. The summed E-state index contributed by atoms with van der Waals surface area (Å²) in [4.78, 5) is 37.5. The molecule has 0 amide bonds. The summed E-state index contributed by atoms with van der Waals surface area (Å²) >= 11 is 0. The second kappa shape index (κ2) is 3.92. The van der Waals surface area contributed by atoms with E-state index >= 15 is 0 Å².